The lowest BCUT2D eigenvalue weighted by molar-refractivity contribution is -0.152. The molecule has 3 atom stereocenters. The number of hydrogen-bond donors (Lipinski definition) is 3. The second-order valence-corrected chi connectivity index (χ2v) is 11.0. The lowest BCUT2D eigenvalue weighted by Gasteiger charge is -2.12. The first-order valence-corrected chi connectivity index (χ1v) is 16.4. The average Bonchev–Trinajstić information content (AvgIpc) is 2.97. The predicted octanol–water partition coefficient (Wildman–Crippen LogP) is 7.44. The molecule has 0 radical (unpaired) electrons. The summed E-state index contributed by atoms with van der Waals surface area (Å²) in [5.41, 5.74) is 0. The second kappa shape index (κ2) is 30.2. The van der Waals surface area contributed by atoms with Crippen LogP contribution in [0.3, 0.4) is 0 Å². The summed E-state index contributed by atoms with van der Waals surface area (Å²) in [4.78, 5) is 23.7. The SMILES string of the molecule is CCCCC/C=C\C[C@@H](O)/C=C/C=C/C=C\[C@@H](O)CCCC(=O)OC[C@@H](O)COC(=O)CCCCCCCCCCC. The van der Waals surface area contributed by atoms with Crippen molar-refractivity contribution in [3.8, 4) is 0 Å². The van der Waals surface area contributed by atoms with E-state index >= 15 is 0 Å². The van der Waals surface area contributed by atoms with Gasteiger partial charge in [-0.3, -0.25) is 9.59 Å². The van der Waals surface area contributed by atoms with Crippen LogP contribution >= 0.6 is 0 Å². The van der Waals surface area contributed by atoms with Crippen molar-refractivity contribution in [1.82, 2.24) is 0 Å². The van der Waals surface area contributed by atoms with Gasteiger partial charge < -0.3 is 24.8 Å². The highest BCUT2D eigenvalue weighted by Gasteiger charge is 2.12. The maximum Gasteiger partial charge on any atom is 0.305 e. The Morgan fingerprint density at radius 3 is 1.69 bits per heavy atom. The van der Waals surface area contributed by atoms with Crippen molar-refractivity contribution in [2.75, 3.05) is 13.2 Å². The minimum absolute atomic E-state index is 0.125. The number of hydrogen-bond acceptors (Lipinski definition) is 7. The van der Waals surface area contributed by atoms with E-state index in [2.05, 4.69) is 19.9 Å². The van der Waals surface area contributed by atoms with Gasteiger partial charge in [0.1, 0.15) is 19.3 Å². The van der Waals surface area contributed by atoms with Crippen LogP contribution in [0.15, 0.2) is 48.6 Å². The fourth-order valence-corrected chi connectivity index (χ4v) is 4.16. The van der Waals surface area contributed by atoms with Gasteiger partial charge in [0.15, 0.2) is 0 Å². The smallest absolute Gasteiger partial charge is 0.305 e. The van der Waals surface area contributed by atoms with Crippen LogP contribution in [0, 0.1) is 0 Å². The highest BCUT2D eigenvalue weighted by atomic mass is 16.6. The summed E-state index contributed by atoms with van der Waals surface area (Å²) in [5.74, 6) is -0.805. The summed E-state index contributed by atoms with van der Waals surface area (Å²) in [5, 5.41) is 29.9. The van der Waals surface area contributed by atoms with Crippen molar-refractivity contribution in [3.05, 3.63) is 48.6 Å². The minimum Gasteiger partial charge on any atom is -0.463 e. The van der Waals surface area contributed by atoms with Gasteiger partial charge in [-0.2, -0.15) is 0 Å². The molecule has 0 aliphatic carbocycles. The fourth-order valence-electron chi connectivity index (χ4n) is 4.16. The van der Waals surface area contributed by atoms with Gasteiger partial charge in [-0.15, -0.1) is 0 Å². The van der Waals surface area contributed by atoms with E-state index in [0.29, 0.717) is 25.7 Å². The molecule has 0 unspecified atom stereocenters. The molecule has 0 spiro atoms. The van der Waals surface area contributed by atoms with Gasteiger partial charge in [0.05, 0.1) is 12.2 Å². The van der Waals surface area contributed by atoms with E-state index in [1.165, 1.54) is 57.8 Å². The molecule has 3 N–H and O–H groups in total. The number of esters is 2. The summed E-state index contributed by atoms with van der Waals surface area (Å²) >= 11 is 0. The lowest BCUT2D eigenvalue weighted by Crippen LogP contribution is -2.25. The number of carbonyl (C=O) groups excluding carboxylic acids is 2. The summed E-state index contributed by atoms with van der Waals surface area (Å²) in [6.07, 6.45) is 29.4. The zero-order chi connectivity index (χ0) is 31.1. The molecule has 7 heteroatoms. The molecule has 0 aliphatic heterocycles. The first-order chi connectivity index (χ1) is 20.4. The van der Waals surface area contributed by atoms with Crippen LogP contribution in [0.25, 0.3) is 0 Å². The maximum atomic E-state index is 11.9. The number of allylic oxidation sites excluding steroid dienone is 5. The summed E-state index contributed by atoms with van der Waals surface area (Å²) in [6, 6.07) is 0. The van der Waals surface area contributed by atoms with E-state index in [1.54, 1.807) is 36.5 Å². The number of ether oxygens (including phenoxy) is 2. The molecule has 0 fully saturated rings. The van der Waals surface area contributed by atoms with Gasteiger partial charge in [-0.05, 0) is 38.5 Å². The molecule has 7 nitrogen and oxygen atoms in total. The summed E-state index contributed by atoms with van der Waals surface area (Å²) < 4.78 is 10.1. The van der Waals surface area contributed by atoms with Crippen LogP contribution in [0.2, 0.25) is 0 Å². The molecule has 0 aliphatic rings. The molecule has 242 valence electrons. The van der Waals surface area contributed by atoms with Gasteiger partial charge in [-0.25, -0.2) is 0 Å². The van der Waals surface area contributed by atoms with Crippen LogP contribution in [-0.4, -0.2) is 58.8 Å². The standard InChI is InChI=1S/C35H60O7/c1-3-5-7-9-11-12-13-15-21-27-34(39)41-29-33(38)30-42-35(40)28-22-26-32(37)25-20-17-16-19-24-31(36)23-18-14-10-8-6-4-2/h14,16-20,24-25,31-33,36-38H,3-13,15,21-23,26-30H2,1-2H3/b17-16+,18-14-,24-19+,25-20-/t31-,32-,33+/m1/s1. The van der Waals surface area contributed by atoms with E-state index in [0.717, 1.165) is 25.7 Å². The molecule has 42 heavy (non-hydrogen) atoms. The van der Waals surface area contributed by atoms with E-state index in [9.17, 15) is 24.9 Å². The second-order valence-electron chi connectivity index (χ2n) is 11.0. The van der Waals surface area contributed by atoms with Crippen molar-refractivity contribution in [2.45, 2.75) is 148 Å². The van der Waals surface area contributed by atoms with Crippen LogP contribution in [0.5, 0.6) is 0 Å². The Hall–Kier alpha value is -2.22. The first kappa shape index (κ1) is 39.8. The van der Waals surface area contributed by atoms with E-state index in [1.807, 2.05) is 6.08 Å². The largest absolute Gasteiger partial charge is 0.463 e. The molecule has 0 aromatic carbocycles. The van der Waals surface area contributed by atoms with Crippen LogP contribution in [0.1, 0.15) is 129 Å². The Bertz CT molecular complexity index is 756. The minimum atomic E-state index is -1.05. The normalized spacial score (nSPS) is 14.3. The molecule has 0 rings (SSSR count). The van der Waals surface area contributed by atoms with Crippen molar-refractivity contribution in [2.24, 2.45) is 0 Å². The predicted molar refractivity (Wildman–Crippen MR) is 171 cm³/mol. The zero-order valence-corrected chi connectivity index (χ0v) is 26.5. The average molecular weight is 593 g/mol. The third-order valence-corrected chi connectivity index (χ3v) is 6.76. The number of unbranched alkanes of at least 4 members (excludes halogenated alkanes) is 11. The van der Waals surface area contributed by atoms with Crippen LogP contribution < -0.4 is 0 Å². The third-order valence-electron chi connectivity index (χ3n) is 6.76. The Labute approximate surface area is 255 Å². The van der Waals surface area contributed by atoms with Gasteiger partial charge in [0.2, 0.25) is 0 Å². The molecule has 0 aromatic rings. The number of aliphatic hydroxyl groups excluding tert-OH is 3. The Morgan fingerprint density at radius 1 is 0.595 bits per heavy atom. The van der Waals surface area contributed by atoms with Crippen molar-refractivity contribution >= 4 is 11.9 Å². The monoisotopic (exact) mass is 592 g/mol. The first-order valence-electron chi connectivity index (χ1n) is 16.4. The lowest BCUT2D eigenvalue weighted by atomic mass is 10.1. The van der Waals surface area contributed by atoms with Gasteiger partial charge in [0, 0.05) is 12.8 Å². The Morgan fingerprint density at radius 2 is 1.10 bits per heavy atom. The Balaban J connectivity index is 3.80. The summed E-state index contributed by atoms with van der Waals surface area (Å²) in [6.45, 7) is 3.98. The zero-order valence-electron chi connectivity index (χ0n) is 26.5. The molecule has 0 saturated carbocycles. The van der Waals surface area contributed by atoms with Gasteiger partial charge >= 0.3 is 11.9 Å². The van der Waals surface area contributed by atoms with Gasteiger partial charge in [0.25, 0.3) is 0 Å². The molecule has 0 saturated heterocycles. The molecular weight excluding hydrogens is 532 g/mol. The van der Waals surface area contributed by atoms with E-state index in [4.69, 9.17) is 9.47 Å². The quantitative estimate of drug-likeness (QED) is 0.0374. The molecule has 0 heterocycles. The van der Waals surface area contributed by atoms with Crippen molar-refractivity contribution in [1.29, 1.82) is 0 Å². The van der Waals surface area contributed by atoms with E-state index in [-0.39, 0.29) is 25.6 Å². The maximum absolute atomic E-state index is 11.9. The molecule has 0 bridgehead atoms. The Kier molecular flexibility index (Phi) is 28.6. The van der Waals surface area contributed by atoms with Crippen LogP contribution in [0.4, 0.5) is 0 Å². The molecular formula is C35H60O7. The molecule has 0 aromatic heterocycles. The van der Waals surface area contributed by atoms with Crippen LogP contribution in [-0.2, 0) is 19.1 Å². The topological polar surface area (TPSA) is 113 Å². The van der Waals surface area contributed by atoms with Gasteiger partial charge in [-0.1, -0.05) is 127 Å². The molecule has 0 amide bonds. The van der Waals surface area contributed by atoms with Crippen molar-refractivity contribution in [3.63, 3.8) is 0 Å². The van der Waals surface area contributed by atoms with E-state index < -0.39 is 24.3 Å². The number of rotatable bonds is 28. The van der Waals surface area contributed by atoms with Crippen molar-refractivity contribution < 1.29 is 34.4 Å². The fraction of sp³-hybridized carbons (Fsp3) is 0.714. The number of aliphatic hydroxyl groups is 3. The number of carbonyl (C=O) groups is 2. The highest BCUT2D eigenvalue weighted by molar-refractivity contribution is 5.69. The third kappa shape index (κ3) is 29.3. The highest BCUT2D eigenvalue weighted by Crippen LogP contribution is 2.11. The summed E-state index contributed by atoms with van der Waals surface area (Å²) in [7, 11) is 0.